The number of carbonyl (C=O) groups excluding carboxylic acids is 1. The van der Waals surface area contributed by atoms with E-state index in [1.54, 1.807) is 4.52 Å². The molecule has 0 spiro atoms. The van der Waals surface area contributed by atoms with Crippen LogP contribution in [0.4, 0.5) is 10.6 Å². The Bertz CT molecular complexity index is 1410. The van der Waals surface area contributed by atoms with Gasteiger partial charge in [0.15, 0.2) is 11.5 Å². The molecular weight excluding hydrogens is 518 g/mol. The molecule has 0 saturated carbocycles. The van der Waals surface area contributed by atoms with Gasteiger partial charge in [0, 0.05) is 43.5 Å². The van der Waals surface area contributed by atoms with Gasteiger partial charge in [-0.2, -0.15) is 10.2 Å². The fourth-order valence-corrected chi connectivity index (χ4v) is 5.38. The predicted octanol–water partition coefficient (Wildman–Crippen LogP) is 3.59. The molecule has 6 rings (SSSR count). The fraction of sp³-hybridized carbons (Fsp3) is 0.444. The summed E-state index contributed by atoms with van der Waals surface area (Å²) in [6, 6.07) is 9.91. The molecule has 2 saturated heterocycles. The van der Waals surface area contributed by atoms with Gasteiger partial charge in [0.05, 0.1) is 24.9 Å². The Kier molecular flexibility index (Phi) is 7.83. The molecule has 2 aliphatic heterocycles. The average molecular weight is 552 g/mol. The van der Waals surface area contributed by atoms with Crippen LogP contribution in [0.1, 0.15) is 20.8 Å². The molecule has 0 aliphatic carbocycles. The summed E-state index contributed by atoms with van der Waals surface area (Å²) < 4.78 is 7.76. The number of morpholine rings is 1. The molecule has 2 unspecified atom stereocenters. The summed E-state index contributed by atoms with van der Waals surface area (Å²) in [5.41, 5.74) is 3.54. The predicted molar refractivity (Wildman–Crippen MR) is 151 cm³/mol. The van der Waals surface area contributed by atoms with Crippen molar-refractivity contribution in [3.05, 3.63) is 49.1 Å². The van der Waals surface area contributed by atoms with E-state index in [1.807, 2.05) is 52.5 Å². The summed E-state index contributed by atoms with van der Waals surface area (Å²) in [5, 5.41) is 11.3. The van der Waals surface area contributed by atoms with Crippen LogP contribution >= 0.6 is 12.4 Å². The molecule has 2 fully saturated rings. The largest absolute Gasteiger partial charge is 0.374 e. The molecule has 12 heteroatoms. The molecule has 11 nitrogen and oxygen atoms in total. The van der Waals surface area contributed by atoms with Crippen LogP contribution in [0.25, 0.3) is 28.2 Å². The highest BCUT2D eigenvalue weighted by atomic mass is 35.5. The number of amides is 2. The number of hydrogen-bond acceptors (Lipinski definition) is 7. The Hall–Kier alpha value is -3.54. The topological polar surface area (TPSA) is 108 Å². The van der Waals surface area contributed by atoms with E-state index in [4.69, 9.17) is 9.72 Å². The lowest BCUT2D eigenvalue weighted by molar-refractivity contribution is -0.0355. The molecule has 2 aliphatic rings. The van der Waals surface area contributed by atoms with Gasteiger partial charge in [-0.15, -0.1) is 12.4 Å². The van der Waals surface area contributed by atoms with E-state index >= 15 is 0 Å². The third kappa shape index (κ3) is 5.21. The van der Waals surface area contributed by atoms with Crippen LogP contribution in [0.3, 0.4) is 0 Å². The Morgan fingerprint density at radius 1 is 1.13 bits per heavy atom. The molecule has 5 heterocycles. The number of nitrogens with one attached hydrogen (secondary N) is 1. The zero-order chi connectivity index (χ0) is 26.2. The maximum Gasteiger partial charge on any atom is 0.326 e. The zero-order valence-corrected chi connectivity index (χ0v) is 23.2. The molecule has 2 atom stereocenters. The molecule has 39 heavy (non-hydrogen) atoms. The maximum atomic E-state index is 13.7. The number of aromatic nitrogens is 6. The van der Waals surface area contributed by atoms with Crippen LogP contribution in [0, 0.1) is 5.92 Å². The van der Waals surface area contributed by atoms with Crippen LogP contribution in [0.15, 0.2) is 49.1 Å². The highest BCUT2D eigenvalue weighted by Gasteiger charge is 2.41. The first-order chi connectivity index (χ1) is 18.5. The quantitative estimate of drug-likeness (QED) is 0.374. The third-order valence-electron chi connectivity index (χ3n) is 7.56. The Morgan fingerprint density at radius 2 is 1.92 bits per heavy atom. The molecule has 4 aromatic rings. The van der Waals surface area contributed by atoms with Crippen molar-refractivity contribution < 1.29 is 9.53 Å². The highest BCUT2D eigenvalue weighted by molar-refractivity contribution is 5.94. The van der Waals surface area contributed by atoms with Crippen molar-refractivity contribution in [1.82, 2.24) is 39.6 Å². The summed E-state index contributed by atoms with van der Waals surface area (Å²) >= 11 is 0. The van der Waals surface area contributed by atoms with E-state index in [-0.39, 0.29) is 36.5 Å². The van der Waals surface area contributed by atoms with Gasteiger partial charge in [-0.05, 0) is 24.1 Å². The van der Waals surface area contributed by atoms with Gasteiger partial charge in [-0.25, -0.2) is 19.3 Å². The van der Waals surface area contributed by atoms with E-state index in [1.165, 1.54) is 6.33 Å². The van der Waals surface area contributed by atoms with E-state index in [0.29, 0.717) is 31.2 Å². The molecule has 2 amide bonds. The molecule has 206 valence electrons. The number of ether oxygens (including phenoxy) is 1. The highest BCUT2D eigenvalue weighted by Crippen LogP contribution is 2.31. The van der Waals surface area contributed by atoms with Crippen LogP contribution < -0.4 is 4.90 Å². The van der Waals surface area contributed by atoms with Gasteiger partial charge in [-0.1, -0.05) is 45.0 Å². The van der Waals surface area contributed by atoms with Crippen LogP contribution in [-0.4, -0.2) is 97.1 Å². The van der Waals surface area contributed by atoms with Gasteiger partial charge in [0.2, 0.25) is 0 Å². The second-order valence-electron chi connectivity index (χ2n) is 10.3. The lowest BCUT2D eigenvalue weighted by atomic mass is 10.0. The number of likely N-dealkylation sites (N-methyl/N-ethyl adjacent to an activating group) is 1. The van der Waals surface area contributed by atoms with Crippen molar-refractivity contribution in [2.75, 3.05) is 44.2 Å². The minimum absolute atomic E-state index is 0. The monoisotopic (exact) mass is 551 g/mol. The summed E-state index contributed by atoms with van der Waals surface area (Å²) in [6.45, 7) is 11.2. The summed E-state index contributed by atoms with van der Waals surface area (Å²) in [4.78, 5) is 29.1. The first kappa shape index (κ1) is 27.0. The number of rotatable bonds is 7. The smallest absolute Gasteiger partial charge is 0.326 e. The van der Waals surface area contributed by atoms with Crippen LogP contribution in [-0.2, 0) is 4.74 Å². The second-order valence-corrected chi connectivity index (χ2v) is 10.3. The van der Waals surface area contributed by atoms with Crippen molar-refractivity contribution in [3.8, 4) is 22.5 Å². The number of urea groups is 1. The number of carbonyl (C=O) groups is 1. The second kappa shape index (κ2) is 11.3. The van der Waals surface area contributed by atoms with Crippen molar-refractivity contribution in [2.24, 2.45) is 5.92 Å². The number of fused-ring (bicyclic) bond motifs is 1. The fourth-order valence-electron chi connectivity index (χ4n) is 5.38. The molecule has 3 aromatic heterocycles. The van der Waals surface area contributed by atoms with Crippen molar-refractivity contribution in [1.29, 1.82) is 0 Å². The van der Waals surface area contributed by atoms with Crippen LogP contribution in [0.2, 0.25) is 0 Å². The number of H-pyrrole nitrogens is 1. The van der Waals surface area contributed by atoms with Crippen molar-refractivity contribution in [2.45, 2.75) is 32.9 Å². The Morgan fingerprint density at radius 3 is 2.64 bits per heavy atom. The average Bonchev–Trinajstić information content (AvgIpc) is 3.68. The standard InChI is InChI=1S/C27H33N9O2.ClH/c1-4-33-11-12-38-21(14-33)15-34-16-23(18(2)3)36(27(34)37)24-9-10-35-26(31-24)22(13-30-35)19-5-7-20(8-6-19)25-28-17-29-32-25;/h5-10,13,17-18,21,23H,4,11-12,14-16H2,1-3H3,(H,28,29,32);1H. The summed E-state index contributed by atoms with van der Waals surface area (Å²) in [5.74, 6) is 1.63. The van der Waals surface area contributed by atoms with E-state index in [0.717, 1.165) is 42.1 Å². The SMILES string of the molecule is CCN1CCOC(CN2CC(C(C)C)N(c3ccn4ncc(-c5ccc(-c6ncn[nH]6)cc5)c4n3)C2=O)C1.Cl. The number of nitrogens with zero attached hydrogens (tertiary/aromatic N) is 8. The number of hydrogen-bond donors (Lipinski definition) is 1. The van der Waals surface area contributed by atoms with Crippen LogP contribution in [0.5, 0.6) is 0 Å². The van der Waals surface area contributed by atoms with Gasteiger partial charge in [-0.3, -0.25) is 14.9 Å². The molecule has 0 radical (unpaired) electrons. The number of anilines is 1. The minimum atomic E-state index is -0.0183. The van der Waals surface area contributed by atoms with Gasteiger partial charge >= 0.3 is 6.03 Å². The van der Waals surface area contributed by atoms with Crippen molar-refractivity contribution >= 4 is 29.9 Å². The number of benzene rings is 1. The number of aromatic amines is 1. The van der Waals surface area contributed by atoms with Crippen molar-refractivity contribution in [3.63, 3.8) is 0 Å². The van der Waals surface area contributed by atoms with E-state index < -0.39 is 0 Å². The lowest BCUT2D eigenvalue weighted by Gasteiger charge is -2.34. The van der Waals surface area contributed by atoms with Gasteiger partial charge in [0.1, 0.15) is 12.1 Å². The maximum absolute atomic E-state index is 13.7. The molecule has 1 aromatic carbocycles. The zero-order valence-electron chi connectivity index (χ0n) is 22.4. The number of halogens is 1. The Labute approximate surface area is 233 Å². The molecule has 0 bridgehead atoms. The summed E-state index contributed by atoms with van der Waals surface area (Å²) in [6.07, 6.45) is 5.21. The molecular formula is C27H34ClN9O2. The first-order valence-electron chi connectivity index (χ1n) is 13.2. The van der Waals surface area contributed by atoms with E-state index in [9.17, 15) is 4.79 Å². The normalized spacial score (nSPS) is 20.3. The first-order valence-corrected chi connectivity index (χ1v) is 13.2. The molecule has 1 N–H and O–H groups in total. The van der Waals surface area contributed by atoms with Gasteiger partial charge in [0.25, 0.3) is 0 Å². The minimum Gasteiger partial charge on any atom is -0.374 e. The van der Waals surface area contributed by atoms with E-state index in [2.05, 4.69) is 46.0 Å². The third-order valence-corrected chi connectivity index (χ3v) is 7.56. The summed E-state index contributed by atoms with van der Waals surface area (Å²) in [7, 11) is 0. The van der Waals surface area contributed by atoms with Gasteiger partial charge < -0.3 is 9.64 Å². The lowest BCUT2D eigenvalue weighted by Crippen LogP contribution is -2.48. The Balaban J connectivity index is 0.00000308.